The summed E-state index contributed by atoms with van der Waals surface area (Å²) in [6.45, 7) is 7.94. The summed E-state index contributed by atoms with van der Waals surface area (Å²) in [4.78, 5) is 50.7. The van der Waals surface area contributed by atoms with Gasteiger partial charge >= 0.3 is 11.9 Å². The highest BCUT2D eigenvalue weighted by Crippen LogP contribution is 2.64. The maximum absolute atomic E-state index is 12.8. The largest absolute Gasteiger partial charge is 0.508 e. The van der Waals surface area contributed by atoms with Crippen LogP contribution in [-0.2, 0) is 24.6 Å². The van der Waals surface area contributed by atoms with Gasteiger partial charge in [-0.25, -0.2) is 9.59 Å². The number of fused-ring (bicyclic) bond motifs is 2. The first-order chi connectivity index (χ1) is 16.7. The average molecular weight is 504 g/mol. The summed E-state index contributed by atoms with van der Waals surface area (Å²) in [5.74, 6) is -2.28. The number of carboxylic acid groups (broad SMARTS) is 1. The molecule has 3 fully saturated rings. The van der Waals surface area contributed by atoms with Crippen LogP contribution < -0.4 is 4.74 Å². The van der Waals surface area contributed by atoms with E-state index in [0.717, 1.165) is 6.08 Å². The number of benzene rings is 1. The maximum Gasteiger partial charge on any atom is 0.336 e. The monoisotopic (exact) mass is 503 g/mol. The van der Waals surface area contributed by atoms with Crippen LogP contribution in [-0.4, -0.2) is 39.6 Å². The Labute approximate surface area is 209 Å². The van der Waals surface area contributed by atoms with Crippen molar-refractivity contribution in [2.24, 2.45) is 17.3 Å². The van der Waals surface area contributed by atoms with Crippen molar-refractivity contribution >= 4 is 17.7 Å². The van der Waals surface area contributed by atoms with Crippen LogP contribution in [0, 0.1) is 27.4 Å². The SMILES string of the molecule is CC(C)(CCCCO[N+](=O)[O-])c1cc(O)c([C@H]2CC(=O)[C@H]3C[C@@H]2C3(C)C)c(OC(=O)C=CC(=O)O)c1. The number of aromatic hydroxyl groups is 1. The van der Waals surface area contributed by atoms with Gasteiger partial charge in [0.2, 0.25) is 0 Å². The van der Waals surface area contributed by atoms with Crippen LogP contribution in [0.15, 0.2) is 24.3 Å². The molecule has 0 saturated heterocycles. The third-order valence-corrected chi connectivity index (χ3v) is 7.88. The molecule has 1 aromatic carbocycles. The molecule has 0 unspecified atom stereocenters. The van der Waals surface area contributed by atoms with E-state index in [-0.39, 0.29) is 53.5 Å². The summed E-state index contributed by atoms with van der Waals surface area (Å²) < 4.78 is 5.55. The molecule has 10 heteroatoms. The highest BCUT2D eigenvalue weighted by molar-refractivity contribution is 5.92. The molecule has 0 aromatic heterocycles. The van der Waals surface area contributed by atoms with Crippen LogP contribution in [0.2, 0.25) is 0 Å². The second-order valence-corrected chi connectivity index (χ2v) is 10.9. The zero-order chi connectivity index (χ0) is 26.8. The summed E-state index contributed by atoms with van der Waals surface area (Å²) >= 11 is 0. The number of phenolic OH excluding ortho intramolecular Hbond substituents is 1. The molecular weight excluding hydrogens is 470 g/mol. The van der Waals surface area contributed by atoms with Gasteiger partial charge in [0.05, 0.1) is 6.61 Å². The maximum atomic E-state index is 12.8. The average Bonchev–Trinajstić information content (AvgIpc) is 2.76. The van der Waals surface area contributed by atoms with Crippen LogP contribution in [0.25, 0.3) is 0 Å². The number of nitrogens with zero attached hydrogens (tertiary/aromatic N) is 1. The predicted octanol–water partition coefficient (Wildman–Crippen LogP) is 4.31. The molecule has 196 valence electrons. The molecule has 0 heterocycles. The van der Waals surface area contributed by atoms with Crippen molar-refractivity contribution in [2.45, 2.75) is 71.1 Å². The van der Waals surface area contributed by atoms with Gasteiger partial charge in [0.1, 0.15) is 17.3 Å². The zero-order valence-electron chi connectivity index (χ0n) is 21.0. The number of hydrogen-bond donors (Lipinski definition) is 2. The number of hydrogen-bond acceptors (Lipinski definition) is 8. The molecule has 2 N–H and O–H groups in total. The lowest BCUT2D eigenvalue weighted by Gasteiger charge is -2.59. The van der Waals surface area contributed by atoms with E-state index in [1.807, 2.05) is 27.7 Å². The molecule has 36 heavy (non-hydrogen) atoms. The Morgan fingerprint density at radius 3 is 2.53 bits per heavy atom. The molecular formula is C26H33NO9. The van der Waals surface area contributed by atoms with Crippen molar-refractivity contribution in [3.8, 4) is 11.5 Å². The van der Waals surface area contributed by atoms with Gasteiger partial charge in [-0.05, 0) is 53.7 Å². The van der Waals surface area contributed by atoms with E-state index < -0.39 is 22.4 Å². The van der Waals surface area contributed by atoms with Crippen LogP contribution in [0.1, 0.15) is 76.8 Å². The molecule has 0 spiro atoms. The number of phenols is 1. The minimum atomic E-state index is -1.30. The minimum Gasteiger partial charge on any atom is -0.508 e. The van der Waals surface area contributed by atoms with E-state index in [0.29, 0.717) is 42.9 Å². The molecule has 3 saturated carbocycles. The van der Waals surface area contributed by atoms with Crippen LogP contribution in [0.4, 0.5) is 0 Å². The van der Waals surface area contributed by atoms with Crippen molar-refractivity contribution in [2.75, 3.05) is 6.61 Å². The fourth-order valence-electron chi connectivity index (χ4n) is 5.69. The Kier molecular flexibility index (Phi) is 7.76. The fourth-order valence-corrected chi connectivity index (χ4v) is 5.69. The Bertz CT molecular complexity index is 1090. The first-order valence-electron chi connectivity index (χ1n) is 12.0. The Morgan fingerprint density at radius 2 is 1.94 bits per heavy atom. The number of aliphatic carboxylic acids is 1. The van der Waals surface area contributed by atoms with Gasteiger partial charge in [-0.1, -0.05) is 34.1 Å². The molecule has 10 nitrogen and oxygen atoms in total. The number of carbonyl (C=O) groups excluding carboxylic acids is 2. The lowest BCUT2D eigenvalue weighted by molar-refractivity contribution is -0.757. The molecule has 3 aliphatic rings. The molecule has 0 radical (unpaired) electrons. The van der Waals surface area contributed by atoms with E-state index in [1.54, 1.807) is 12.1 Å². The summed E-state index contributed by atoms with van der Waals surface area (Å²) in [6.07, 6.45) is 4.12. The second kappa shape index (κ2) is 10.3. The van der Waals surface area contributed by atoms with Crippen LogP contribution in [0.5, 0.6) is 11.5 Å². The highest BCUT2D eigenvalue weighted by atomic mass is 16.9. The summed E-state index contributed by atoms with van der Waals surface area (Å²) in [6, 6.07) is 3.28. The van der Waals surface area contributed by atoms with Crippen molar-refractivity contribution in [3.05, 3.63) is 45.5 Å². The Hall–Kier alpha value is -3.43. The predicted molar refractivity (Wildman–Crippen MR) is 128 cm³/mol. The van der Waals surface area contributed by atoms with Gasteiger partial charge in [0, 0.05) is 36.0 Å². The van der Waals surface area contributed by atoms with Gasteiger partial charge in [0.15, 0.2) is 0 Å². The van der Waals surface area contributed by atoms with Crippen LogP contribution in [0.3, 0.4) is 0 Å². The molecule has 2 bridgehead atoms. The minimum absolute atomic E-state index is 0.0112. The molecule has 4 rings (SSSR count). The topological polar surface area (TPSA) is 153 Å². The first kappa shape index (κ1) is 27.2. The lowest BCUT2D eigenvalue weighted by atomic mass is 9.44. The van der Waals surface area contributed by atoms with Gasteiger partial charge < -0.3 is 19.8 Å². The van der Waals surface area contributed by atoms with E-state index in [4.69, 9.17) is 9.84 Å². The number of rotatable bonds is 11. The fraction of sp³-hybridized carbons (Fsp3) is 0.577. The van der Waals surface area contributed by atoms with Crippen molar-refractivity contribution in [3.63, 3.8) is 0 Å². The van der Waals surface area contributed by atoms with Crippen LogP contribution >= 0.6 is 0 Å². The van der Waals surface area contributed by atoms with E-state index in [9.17, 15) is 29.6 Å². The third kappa shape index (κ3) is 5.68. The molecule has 3 aliphatic carbocycles. The second-order valence-electron chi connectivity index (χ2n) is 10.9. The van der Waals surface area contributed by atoms with Crippen molar-refractivity contribution in [1.82, 2.24) is 0 Å². The number of ether oxygens (including phenoxy) is 1. The lowest BCUT2D eigenvalue weighted by Crippen LogP contribution is -2.56. The van der Waals surface area contributed by atoms with Crippen molar-refractivity contribution in [1.29, 1.82) is 0 Å². The molecule has 3 atom stereocenters. The third-order valence-electron chi connectivity index (χ3n) is 7.88. The van der Waals surface area contributed by atoms with E-state index in [1.165, 1.54) is 0 Å². The van der Waals surface area contributed by atoms with E-state index in [2.05, 4.69) is 4.84 Å². The van der Waals surface area contributed by atoms with Gasteiger partial charge in [0.25, 0.3) is 5.09 Å². The normalized spacial score (nSPS) is 22.7. The Balaban J connectivity index is 1.93. The first-order valence-corrected chi connectivity index (χ1v) is 12.0. The van der Waals surface area contributed by atoms with Gasteiger partial charge in [-0.2, -0.15) is 0 Å². The summed E-state index contributed by atoms with van der Waals surface area (Å²) in [7, 11) is 0. The van der Waals surface area contributed by atoms with E-state index >= 15 is 0 Å². The van der Waals surface area contributed by atoms with Gasteiger partial charge in [-0.3, -0.25) is 4.79 Å². The standard InChI is InChI=1S/C26H33NO9/c1-25(2,9-5-6-10-35-27(33)34)15-11-20(29)24(21(12-15)36-23(32)8-7-22(30)31)16-13-19(28)18-14-17(16)26(18,3)4/h7-8,11-12,16-18,29H,5-6,9-10,13-14H2,1-4H3,(H,30,31)/t16-,17-,18+/m0/s1. The molecule has 0 aliphatic heterocycles. The highest BCUT2D eigenvalue weighted by Gasteiger charge is 2.59. The number of Topliss-reactive ketones (excluding diaryl/α,β-unsaturated/α-hetero) is 1. The number of esters is 1. The van der Waals surface area contributed by atoms with Crippen molar-refractivity contribution < 1.29 is 39.3 Å². The Morgan fingerprint density at radius 1 is 1.25 bits per heavy atom. The summed E-state index contributed by atoms with van der Waals surface area (Å²) in [5.41, 5.74) is 0.333. The number of carboxylic acids is 1. The quantitative estimate of drug-likeness (QED) is 0.112. The zero-order valence-corrected chi connectivity index (χ0v) is 21.0. The number of ketones is 1. The van der Waals surface area contributed by atoms with Gasteiger partial charge in [-0.15, -0.1) is 10.1 Å². The molecule has 1 aromatic rings. The molecule has 0 amide bonds. The smallest absolute Gasteiger partial charge is 0.336 e. The number of carbonyl (C=O) groups is 3. The summed E-state index contributed by atoms with van der Waals surface area (Å²) in [5, 5.41) is 29.5. The number of unbranched alkanes of at least 4 members (excludes halogenated alkanes) is 1.